The molecule has 14 heteroatoms. The van der Waals surface area contributed by atoms with Gasteiger partial charge in [-0.05, 0) is 32.4 Å². The third-order valence-electron chi connectivity index (χ3n) is 5.60. The minimum Gasteiger partial charge on any atom is -0.575 e. The molecule has 1 unspecified atom stereocenters. The predicted octanol–water partition coefficient (Wildman–Crippen LogP) is 1.57. The Morgan fingerprint density at radius 1 is 1.35 bits per heavy atom. The Labute approximate surface area is 212 Å². The summed E-state index contributed by atoms with van der Waals surface area (Å²) in [6, 6.07) is 6.16. The van der Waals surface area contributed by atoms with Crippen LogP contribution in [0.4, 0.5) is 4.39 Å². The summed E-state index contributed by atoms with van der Waals surface area (Å²) < 4.78 is 41.6. The fourth-order valence-electron chi connectivity index (χ4n) is 3.51. The van der Waals surface area contributed by atoms with Crippen LogP contribution in [0.2, 0.25) is 0 Å². The number of aromatic nitrogens is 2. The van der Waals surface area contributed by atoms with Crippen LogP contribution in [0.15, 0.2) is 50.9 Å². The van der Waals surface area contributed by atoms with Crippen molar-refractivity contribution in [2.75, 3.05) is 13.2 Å². The summed E-state index contributed by atoms with van der Waals surface area (Å²) in [5.41, 5.74) is -3.95. The molecule has 202 valence electrons. The van der Waals surface area contributed by atoms with Gasteiger partial charge < -0.3 is 24.2 Å². The van der Waals surface area contributed by atoms with Gasteiger partial charge >= 0.3 is 19.8 Å². The molecule has 0 aliphatic carbocycles. The van der Waals surface area contributed by atoms with Crippen molar-refractivity contribution in [3.05, 3.63) is 57.4 Å². The van der Waals surface area contributed by atoms with E-state index in [4.69, 9.17) is 18.7 Å². The van der Waals surface area contributed by atoms with Crippen molar-refractivity contribution in [1.82, 2.24) is 9.55 Å². The number of benzene rings is 1. The topological polar surface area (TPSA) is 164 Å². The number of alkyl halides is 1. The van der Waals surface area contributed by atoms with E-state index >= 15 is 4.39 Å². The molecule has 12 nitrogen and oxygen atoms in total. The predicted molar refractivity (Wildman–Crippen MR) is 128 cm³/mol. The van der Waals surface area contributed by atoms with E-state index in [0.29, 0.717) is 6.42 Å². The first kappa shape index (κ1) is 28.5. The Morgan fingerprint density at radius 3 is 2.73 bits per heavy atom. The lowest BCUT2D eigenvalue weighted by molar-refractivity contribution is -0.169. The number of carbonyl (C=O) groups excluding carboxylic acids is 1. The summed E-state index contributed by atoms with van der Waals surface area (Å²) in [7, 11) is -2.67. The fraction of sp³-hybridized carbons (Fsp3) is 0.522. The van der Waals surface area contributed by atoms with Gasteiger partial charge in [-0.3, -0.25) is 18.9 Å². The number of carbonyl (C=O) groups is 1. The van der Waals surface area contributed by atoms with Gasteiger partial charge in [0, 0.05) is 12.3 Å². The molecule has 1 fully saturated rings. The van der Waals surface area contributed by atoms with Gasteiger partial charge in [0.25, 0.3) is 5.56 Å². The van der Waals surface area contributed by atoms with Gasteiger partial charge in [0.05, 0.1) is 6.61 Å². The molecular formula is C23H29FN3O9P. The maximum atomic E-state index is 15.4. The van der Waals surface area contributed by atoms with E-state index in [-0.39, 0.29) is 24.7 Å². The number of halogens is 1. The number of hydrogen-bond donors (Lipinski definition) is 2. The van der Waals surface area contributed by atoms with Crippen molar-refractivity contribution in [2.24, 2.45) is 4.74 Å². The zero-order valence-electron chi connectivity index (χ0n) is 20.5. The Bertz CT molecular complexity index is 1230. The zero-order chi connectivity index (χ0) is 27.2. The van der Waals surface area contributed by atoms with Gasteiger partial charge in [-0.2, -0.15) is 0 Å². The number of nitrogens with one attached hydrogen (secondary N) is 1. The van der Waals surface area contributed by atoms with Crippen LogP contribution in [0, 0.1) is 0 Å². The number of ether oxygens (including phenoxy) is 3. The second-order valence-electron chi connectivity index (χ2n) is 8.54. The number of rotatable bonds is 11. The Morgan fingerprint density at radius 2 is 2.05 bits per heavy atom. The van der Waals surface area contributed by atoms with Crippen LogP contribution in [0.3, 0.4) is 0 Å². The highest BCUT2D eigenvalue weighted by Crippen LogP contribution is 2.41. The lowest BCUT2D eigenvalue weighted by Crippen LogP contribution is -2.43. The number of unbranched alkanes of at least 4 members (excludes halogenated alkanes) is 1. The van der Waals surface area contributed by atoms with Crippen LogP contribution >= 0.6 is 8.17 Å². The molecule has 0 amide bonds. The smallest absolute Gasteiger partial charge is 0.395 e. The third-order valence-corrected chi connectivity index (χ3v) is 6.49. The quantitative estimate of drug-likeness (QED) is 0.244. The van der Waals surface area contributed by atoms with Crippen LogP contribution in [0.5, 0.6) is 11.5 Å². The maximum Gasteiger partial charge on any atom is 0.395 e. The second-order valence-corrected chi connectivity index (χ2v) is 9.43. The first-order valence-electron chi connectivity index (χ1n) is 11.6. The molecular weight excluding hydrogens is 512 g/mol. The average Bonchev–Trinajstić information content (AvgIpc) is 3.07. The summed E-state index contributed by atoms with van der Waals surface area (Å²) in [5, 5.41) is 10.5. The number of H-pyrrole nitrogens is 1. The normalized spacial score (nSPS) is 24.5. The van der Waals surface area contributed by atoms with E-state index < -0.39 is 55.5 Å². The molecule has 1 aliphatic rings. The van der Waals surface area contributed by atoms with Crippen molar-refractivity contribution in [1.29, 1.82) is 0 Å². The van der Waals surface area contributed by atoms with E-state index in [1.54, 1.807) is 12.1 Å². The molecule has 1 aliphatic heterocycles. The third kappa shape index (κ3) is 7.01. The van der Waals surface area contributed by atoms with Crippen molar-refractivity contribution in [3.63, 3.8) is 0 Å². The van der Waals surface area contributed by atoms with E-state index in [0.717, 1.165) is 30.2 Å². The molecule has 1 aromatic carbocycles. The molecule has 0 bridgehead atoms. The second kappa shape index (κ2) is 12.4. The van der Waals surface area contributed by atoms with Crippen molar-refractivity contribution in [3.8, 4) is 11.5 Å². The molecule has 0 saturated carbocycles. The standard InChI is InChI=1S/C23H29FN3O9P/c1-4-5-12-33-20(30)14(2)26-37(32)36-16-9-7-6-8-15(16)34-13-17-19(29)23(3,24)21(35-17)27-11-10-18(28)25-22(27)31/h6-11,14,17,19,21,29H,4-5,12-13H2,1-3H3,(H,25,28,31)/t14-,17-,19-,21-,23-/m1/s1. The molecule has 0 radical (unpaired) electrons. The van der Waals surface area contributed by atoms with Crippen LogP contribution in [-0.2, 0) is 14.3 Å². The summed E-state index contributed by atoms with van der Waals surface area (Å²) in [5.74, 6) is -0.495. The van der Waals surface area contributed by atoms with E-state index in [9.17, 15) is 24.4 Å². The SMILES string of the molecule is CCCCOC(=O)[C@@H](C)/N=[P+](\[O-])Oc1ccccc1OC[C@H]1O[C@@H](n2ccc(=O)[nH]c2=O)[C@](C)(F)[C@@H]1O. The Kier molecular flexibility index (Phi) is 9.55. The Balaban J connectivity index is 1.67. The van der Waals surface area contributed by atoms with Crippen LogP contribution in [-0.4, -0.2) is 57.8 Å². The number of nitrogens with zero attached hydrogens (tertiary/aromatic N) is 2. The molecule has 0 spiro atoms. The number of para-hydroxylation sites is 2. The number of esters is 1. The largest absolute Gasteiger partial charge is 0.575 e. The maximum absolute atomic E-state index is 15.4. The monoisotopic (exact) mass is 541 g/mol. The Hall–Kier alpha value is -3.12. The number of aliphatic hydroxyl groups excluding tert-OH is 1. The average molecular weight is 541 g/mol. The van der Waals surface area contributed by atoms with E-state index in [1.165, 1.54) is 19.1 Å². The highest BCUT2D eigenvalue weighted by Gasteiger charge is 2.55. The van der Waals surface area contributed by atoms with Crippen LogP contribution < -0.4 is 25.4 Å². The first-order chi connectivity index (χ1) is 17.5. The molecule has 2 N–H and O–H groups in total. The lowest BCUT2D eigenvalue weighted by atomic mass is 9.98. The number of aromatic amines is 1. The highest BCUT2D eigenvalue weighted by molar-refractivity contribution is 7.34. The first-order valence-corrected chi connectivity index (χ1v) is 12.8. The minimum atomic E-state index is -2.67. The number of aliphatic hydroxyl groups is 1. The molecule has 2 heterocycles. The van der Waals surface area contributed by atoms with Crippen molar-refractivity contribution >= 4 is 14.1 Å². The minimum absolute atomic E-state index is 0.0304. The molecule has 2 aromatic rings. The number of hydrogen-bond acceptors (Lipinski definition) is 10. The molecule has 1 saturated heterocycles. The van der Waals surface area contributed by atoms with Gasteiger partial charge in [-0.25, -0.2) is 14.0 Å². The van der Waals surface area contributed by atoms with Crippen molar-refractivity contribution < 1.29 is 37.9 Å². The van der Waals surface area contributed by atoms with Gasteiger partial charge in [-0.15, -0.1) is 0 Å². The van der Waals surface area contributed by atoms with E-state index in [1.807, 2.05) is 11.9 Å². The highest BCUT2D eigenvalue weighted by atomic mass is 31.1. The summed E-state index contributed by atoms with van der Waals surface area (Å²) in [6.07, 6.45) is -1.79. The summed E-state index contributed by atoms with van der Waals surface area (Å²) in [4.78, 5) is 49.8. The van der Waals surface area contributed by atoms with Gasteiger partial charge in [-0.1, -0.05) is 30.2 Å². The van der Waals surface area contributed by atoms with Crippen LogP contribution in [0.25, 0.3) is 0 Å². The fourth-order valence-corrected chi connectivity index (χ4v) is 4.26. The summed E-state index contributed by atoms with van der Waals surface area (Å²) >= 11 is 0. The van der Waals surface area contributed by atoms with Gasteiger partial charge in [0.1, 0.15) is 18.8 Å². The van der Waals surface area contributed by atoms with Crippen LogP contribution in [0.1, 0.15) is 39.8 Å². The summed E-state index contributed by atoms with van der Waals surface area (Å²) in [6.45, 7) is 4.34. The van der Waals surface area contributed by atoms with Gasteiger partial charge in [0.15, 0.2) is 23.7 Å². The van der Waals surface area contributed by atoms with E-state index in [2.05, 4.69) is 4.74 Å². The van der Waals surface area contributed by atoms with Gasteiger partial charge in [0.2, 0.25) is 5.75 Å². The zero-order valence-corrected chi connectivity index (χ0v) is 21.4. The molecule has 6 atom stereocenters. The molecule has 37 heavy (non-hydrogen) atoms. The molecule has 3 rings (SSSR count). The molecule has 1 aromatic heterocycles. The lowest BCUT2D eigenvalue weighted by Gasteiger charge is -2.24. The van der Waals surface area contributed by atoms with Crippen molar-refractivity contribution in [2.45, 2.75) is 63.8 Å².